The van der Waals surface area contributed by atoms with Crippen LogP contribution in [0, 0.1) is 0 Å². The molecule has 0 saturated carbocycles. The van der Waals surface area contributed by atoms with Gasteiger partial charge >= 0.3 is 0 Å². The molecule has 0 spiro atoms. The number of ether oxygens (including phenoxy) is 1. The average Bonchev–Trinajstić information content (AvgIpc) is 3.32. The zero-order chi connectivity index (χ0) is 24.4. The zero-order valence-electron chi connectivity index (χ0n) is 18.8. The third-order valence-corrected chi connectivity index (χ3v) is 5.70. The summed E-state index contributed by atoms with van der Waals surface area (Å²) < 4.78 is 5.35. The van der Waals surface area contributed by atoms with Gasteiger partial charge in [0.15, 0.2) is 12.3 Å². The van der Waals surface area contributed by atoms with Crippen molar-refractivity contribution in [1.29, 1.82) is 0 Å². The van der Waals surface area contributed by atoms with Gasteiger partial charge in [-0.3, -0.25) is 14.4 Å². The highest BCUT2D eigenvalue weighted by Crippen LogP contribution is 2.28. The molecule has 2 aromatic heterocycles. The van der Waals surface area contributed by atoms with Crippen molar-refractivity contribution in [2.75, 3.05) is 11.9 Å². The number of aromatic nitrogens is 3. The Morgan fingerprint density at radius 3 is 2.77 bits per heavy atom. The highest BCUT2D eigenvalue weighted by Gasteiger charge is 2.21. The van der Waals surface area contributed by atoms with E-state index in [9.17, 15) is 14.4 Å². The van der Waals surface area contributed by atoms with Crippen LogP contribution in [0.5, 0.6) is 5.75 Å². The number of benzene rings is 2. The van der Waals surface area contributed by atoms with Crippen LogP contribution >= 0.6 is 0 Å². The quantitative estimate of drug-likeness (QED) is 0.342. The van der Waals surface area contributed by atoms with E-state index in [0.29, 0.717) is 28.0 Å². The summed E-state index contributed by atoms with van der Waals surface area (Å²) in [4.78, 5) is 48.6. The molecule has 0 aliphatic carbocycles. The lowest BCUT2D eigenvalue weighted by atomic mass is 10.1. The number of amides is 3. The van der Waals surface area contributed by atoms with Crippen LogP contribution in [0.15, 0.2) is 61.1 Å². The number of hydrogen-bond acceptors (Lipinski definition) is 6. The van der Waals surface area contributed by atoms with E-state index >= 15 is 0 Å². The molecule has 2 aromatic carbocycles. The van der Waals surface area contributed by atoms with Crippen LogP contribution in [0.3, 0.4) is 0 Å². The summed E-state index contributed by atoms with van der Waals surface area (Å²) in [5.41, 5.74) is 3.48. The van der Waals surface area contributed by atoms with E-state index in [1.165, 1.54) is 12.5 Å². The van der Waals surface area contributed by atoms with E-state index in [2.05, 4.69) is 30.9 Å². The van der Waals surface area contributed by atoms with Crippen LogP contribution in [-0.4, -0.2) is 39.3 Å². The predicted molar refractivity (Wildman–Crippen MR) is 128 cm³/mol. The smallest absolute Gasteiger partial charge is 0.272 e. The van der Waals surface area contributed by atoms with Gasteiger partial charge in [0, 0.05) is 12.7 Å². The van der Waals surface area contributed by atoms with Crippen LogP contribution in [0.25, 0.3) is 11.0 Å². The number of hydrogen-bond donors (Lipinski definition) is 4. The molecule has 3 amide bonds. The monoisotopic (exact) mass is 470 g/mol. The Morgan fingerprint density at radius 1 is 1.11 bits per heavy atom. The van der Waals surface area contributed by atoms with Crippen LogP contribution < -0.4 is 20.7 Å². The van der Waals surface area contributed by atoms with E-state index in [0.717, 1.165) is 11.1 Å². The summed E-state index contributed by atoms with van der Waals surface area (Å²) in [6.07, 6.45) is 2.78. The lowest BCUT2D eigenvalue weighted by molar-refractivity contribution is -0.118. The molecule has 4 N–H and O–H groups in total. The molecule has 35 heavy (non-hydrogen) atoms. The fourth-order valence-electron chi connectivity index (χ4n) is 3.89. The molecule has 1 atom stereocenters. The number of fused-ring (bicyclic) bond motifs is 2. The van der Waals surface area contributed by atoms with Crippen molar-refractivity contribution in [3.8, 4) is 5.75 Å². The molecule has 0 fully saturated rings. The fourth-order valence-corrected chi connectivity index (χ4v) is 3.89. The van der Waals surface area contributed by atoms with Crippen LogP contribution in [0.2, 0.25) is 0 Å². The van der Waals surface area contributed by atoms with E-state index < -0.39 is 5.91 Å². The Morgan fingerprint density at radius 2 is 1.94 bits per heavy atom. The van der Waals surface area contributed by atoms with Gasteiger partial charge in [-0.2, -0.15) is 0 Å². The summed E-state index contributed by atoms with van der Waals surface area (Å²) in [6.45, 7) is 2.08. The van der Waals surface area contributed by atoms with E-state index in [-0.39, 0.29) is 36.7 Å². The van der Waals surface area contributed by atoms with Gasteiger partial charge in [0.25, 0.3) is 17.7 Å². The summed E-state index contributed by atoms with van der Waals surface area (Å²) in [6, 6.07) is 14.7. The van der Waals surface area contributed by atoms with Crippen LogP contribution in [0.4, 0.5) is 5.69 Å². The first kappa shape index (κ1) is 22.1. The number of carbonyl (C=O) groups excluding carboxylic acids is 3. The number of aromatic amines is 1. The number of carbonyl (C=O) groups is 3. The minimum absolute atomic E-state index is 0.0197. The number of anilines is 1. The first-order valence-electron chi connectivity index (χ1n) is 11.0. The second-order valence-electron chi connectivity index (χ2n) is 8.10. The molecule has 0 saturated heterocycles. The molecule has 1 aliphatic heterocycles. The summed E-state index contributed by atoms with van der Waals surface area (Å²) in [7, 11) is 0. The second kappa shape index (κ2) is 9.26. The van der Waals surface area contributed by atoms with Gasteiger partial charge < -0.3 is 25.7 Å². The molecule has 0 radical (unpaired) electrons. The highest BCUT2D eigenvalue weighted by molar-refractivity contribution is 6.10. The van der Waals surface area contributed by atoms with Crippen molar-refractivity contribution < 1.29 is 19.1 Å². The number of nitrogens with one attached hydrogen (secondary N) is 4. The van der Waals surface area contributed by atoms with E-state index in [4.69, 9.17) is 4.74 Å². The second-order valence-corrected chi connectivity index (χ2v) is 8.10. The molecule has 1 aliphatic rings. The molecule has 176 valence electrons. The maximum Gasteiger partial charge on any atom is 0.272 e. The Kier molecular flexibility index (Phi) is 5.84. The maximum absolute atomic E-state index is 12.9. The fraction of sp³-hybridized carbons (Fsp3) is 0.160. The molecule has 3 heterocycles. The minimum Gasteiger partial charge on any atom is -0.482 e. The van der Waals surface area contributed by atoms with Crippen LogP contribution in [-0.2, 0) is 11.3 Å². The highest BCUT2D eigenvalue weighted by atomic mass is 16.5. The van der Waals surface area contributed by atoms with Gasteiger partial charge in [-0.15, -0.1) is 0 Å². The third-order valence-electron chi connectivity index (χ3n) is 5.70. The van der Waals surface area contributed by atoms with E-state index in [1.54, 1.807) is 18.2 Å². The largest absolute Gasteiger partial charge is 0.482 e. The molecular weight excluding hydrogens is 448 g/mol. The molecule has 0 bridgehead atoms. The maximum atomic E-state index is 12.9. The Hall–Kier alpha value is -4.73. The number of nitrogens with zero attached hydrogens (tertiary/aromatic N) is 2. The van der Waals surface area contributed by atoms with Gasteiger partial charge in [-0.25, -0.2) is 9.97 Å². The normalized spacial score (nSPS) is 13.3. The number of rotatable bonds is 6. The summed E-state index contributed by atoms with van der Waals surface area (Å²) in [5.74, 6) is -0.388. The molecule has 5 rings (SSSR count). The van der Waals surface area contributed by atoms with Crippen molar-refractivity contribution in [1.82, 2.24) is 25.6 Å². The molecular formula is C25H22N6O4. The molecule has 4 aromatic rings. The standard InChI is InChI=1S/C25H22N6O4/c1-14(16-5-3-2-4-6-16)30-24(33)17-11-26-22-21(17)28-13-29-23(22)25(34)27-10-15-7-8-19-18(9-15)31-20(32)12-35-19/h2-9,11,13-14,26H,10,12H2,1H3,(H,27,34)(H,30,33)(H,31,32)/t14-/m0/s1. The average molecular weight is 470 g/mol. The van der Waals surface area contributed by atoms with Gasteiger partial charge in [-0.1, -0.05) is 36.4 Å². The number of H-pyrrole nitrogens is 1. The minimum atomic E-state index is -0.429. The first-order valence-corrected chi connectivity index (χ1v) is 11.0. The third kappa shape index (κ3) is 4.54. The van der Waals surface area contributed by atoms with Gasteiger partial charge in [0.1, 0.15) is 17.6 Å². The van der Waals surface area contributed by atoms with Gasteiger partial charge in [0.2, 0.25) is 0 Å². The lowest BCUT2D eigenvalue weighted by Crippen LogP contribution is -2.27. The van der Waals surface area contributed by atoms with Crippen LogP contribution in [0.1, 0.15) is 44.9 Å². The first-order chi connectivity index (χ1) is 17.0. The summed E-state index contributed by atoms with van der Waals surface area (Å²) >= 11 is 0. The van der Waals surface area contributed by atoms with Crippen molar-refractivity contribution in [2.24, 2.45) is 0 Å². The lowest BCUT2D eigenvalue weighted by Gasteiger charge is -2.18. The Labute approximate surface area is 200 Å². The Balaban J connectivity index is 1.30. The molecule has 0 unspecified atom stereocenters. The van der Waals surface area contributed by atoms with E-state index in [1.807, 2.05) is 37.3 Å². The van der Waals surface area contributed by atoms with Crippen molar-refractivity contribution in [2.45, 2.75) is 19.5 Å². The SMILES string of the molecule is C[C@H](NC(=O)c1c[nH]c2c(C(=O)NCc3ccc4c(c3)NC(=O)CO4)ncnc12)c1ccccc1. The zero-order valence-corrected chi connectivity index (χ0v) is 18.8. The topological polar surface area (TPSA) is 138 Å². The Bertz CT molecular complexity index is 1430. The van der Waals surface area contributed by atoms with Crippen molar-refractivity contribution in [3.05, 3.63) is 83.4 Å². The molecule has 10 nitrogen and oxygen atoms in total. The van der Waals surface area contributed by atoms with Crippen molar-refractivity contribution in [3.63, 3.8) is 0 Å². The van der Waals surface area contributed by atoms with Gasteiger partial charge in [-0.05, 0) is 30.2 Å². The van der Waals surface area contributed by atoms with Gasteiger partial charge in [0.05, 0.1) is 22.8 Å². The predicted octanol–water partition coefficient (Wildman–Crippen LogP) is 2.71. The van der Waals surface area contributed by atoms with Crippen molar-refractivity contribution >= 4 is 34.4 Å². The summed E-state index contributed by atoms with van der Waals surface area (Å²) in [5, 5.41) is 8.51. The molecule has 10 heteroatoms.